The number of amides is 1. The Bertz CT molecular complexity index is 575. The Morgan fingerprint density at radius 3 is 2.86 bits per heavy atom. The number of H-pyrrole nitrogens is 1. The van der Waals surface area contributed by atoms with Gasteiger partial charge in [-0.1, -0.05) is 5.16 Å². The van der Waals surface area contributed by atoms with Gasteiger partial charge in [0, 0.05) is 37.0 Å². The fraction of sp³-hybridized carbons (Fsp3) is 0.462. The summed E-state index contributed by atoms with van der Waals surface area (Å²) in [4.78, 5) is 27.7. The molecule has 8 nitrogen and oxygen atoms in total. The molecular formula is C13H19N5O3. The number of carbonyl (C=O) groups excluding carboxylic acids is 1. The Balaban J connectivity index is 1.83. The lowest BCUT2D eigenvalue weighted by Crippen LogP contribution is -2.46. The highest BCUT2D eigenvalue weighted by Crippen LogP contribution is 2.10. The molecular weight excluding hydrogens is 274 g/mol. The van der Waals surface area contributed by atoms with Crippen molar-refractivity contribution < 1.29 is 10.0 Å². The number of piperidine rings is 1. The molecule has 1 fully saturated rings. The number of oxime groups is 1. The van der Waals surface area contributed by atoms with Gasteiger partial charge in [-0.15, -0.1) is 0 Å². The summed E-state index contributed by atoms with van der Waals surface area (Å²) in [6, 6.07) is 2.92. The molecule has 21 heavy (non-hydrogen) atoms. The Morgan fingerprint density at radius 2 is 2.24 bits per heavy atom. The van der Waals surface area contributed by atoms with Gasteiger partial charge in [-0.05, 0) is 18.9 Å². The molecule has 5 N–H and O–H groups in total. The molecule has 1 aromatic heterocycles. The van der Waals surface area contributed by atoms with Gasteiger partial charge < -0.3 is 21.2 Å². The molecule has 0 saturated carbocycles. The Morgan fingerprint density at radius 1 is 1.52 bits per heavy atom. The van der Waals surface area contributed by atoms with Crippen LogP contribution in [0.1, 0.15) is 23.2 Å². The predicted molar refractivity (Wildman–Crippen MR) is 77.4 cm³/mol. The molecule has 0 spiro atoms. The van der Waals surface area contributed by atoms with E-state index >= 15 is 0 Å². The van der Waals surface area contributed by atoms with Crippen molar-refractivity contribution in [2.24, 2.45) is 10.9 Å². The first-order chi connectivity index (χ1) is 10.1. The predicted octanol–water partition coefficient (Wildman–Crippen LogP) is -0.684. The lowest BCUT2D eigenvalue weighted by molar-refractivity contribution is 0.0914. The number of rotatable bonds is 4. The van der Waals surface area contributed by atoms with Gasteiger partial charge in [0.15, 0.2) is 5.84 Å². The van der Waals surface area contributed by atoms with Crippen LogP contribution in [0.4, 0.5) is 0 Å². The first kappa shape index (κ1) is 15.0. The minimum absolute atomic E-state index is 0.0697. The quantitative estimate of drug-likeness (QED) is 0.253. The van der Waals surface area contributed by atoms with Crippen LogP contribution in [0.25, 0.3) is 0 Å². The number of nitrogens with zero attached hydrogens (tertiary/aromatic N) is 2. The van der Waals surface area contributed by atoms with Crippen LogP contribution >= 0.6 is 0 Å². The zero-order valence-electron chi connectivity index (χ0n) is 11.6. The second kappa shape index (κ2) is 6.89. The Kier molecular flexibility index (Phi) is 4.94. The summed E-state index contributed by atoms with van der Waals surface area (Å²) in [6.07, 6.45) is 3.03. The molecule has 0 aliphatic carbocycles. The Labute approximate surface area is 121 Å². The third-order valence-corrected chi connectivity index (χ3v) is 3.47. The second-order valence-electron chi connectivity index (χ2n) is 5.06. The molecule has 0 unspecified atom stereocenters. The van der Waals surface area contributed by atoms with Crippen molar-refractivity contribution in [1.82, 2.24) is 15.2 Å². The number of nitrogens with one attached hydrogen (secondary N) is 2. The van der Waals surface area contributed by atoms with E-state index in [4.69, 9.17) is 10.9 Å². The number of pyridine rings is 1. The van der Waals surface area contributed by atoms with Gasteiger partial charge in [0.2, 0.25) is 5.56 Å². The molecule has 1 aromatic rings. The highest BCUT2D eigenvalue weighted by Gasteiger charge is 2.21. The molecule has 1 amide bonds. The molecule has 1 aliphatic heterocycles. The molecule has 114 valence electrons. The minimum Gasteiger partial charge on any atom is -0.409 e. The van der Waals surface area contributed by atoms with Crippen molar-refractivity contribution >= 4 is 11.7 Å². The van der Waals surface area contributed by atoms with E-state index in [2.05, 4.69) is 20.4 Å². The Hall–Kier alpha value is -2.35. The normalized spacial score (nSPS) is 17.6. The number of aromatic nitrogens is 1. The highest BCUT2D eigenvalue weighted by molar-refractivity contribution is 5.94. The summed E-state index contributed by atoms with van der Waals surface area (Å²) in [6.45, 7) is 1.94. The number of nitrogens with two attached hydrogens (primary N) is 1. The summed E-state index contributed by atoms with van der Waals surface area (Å²) in [5.74, 6) is -0.0584. The molecule has 2 heterocycles. The van der Waals surface area contributed by atoms with Gasteiger partial charge in [-0.3, -0.25) is 14.5 Å². The molecule has 8 heteroatoms. The summed E-state index contributed by atoms with van der Waals surface area (Å²) in [5, 5.41) is 14.4. The van der Waals surface area contributed by atoms with Crippen LogP contribution in [0.5, 0.6) is 0 Å². The third kappa shape index (κ3) is 4.32. The van der Waals surface area contributed by atoms with Gasteiger partial charge in [0.25, 0.3) is 5.91 Å². The lowest BCUT2D eigenvalue weighted by Gasteiger charge is -2.31. The van der Waals surface area contributed by atoms with Gasteiger partial charge in [0.1, 0.15) is 0 Å². The SMILES string of the molecule is N/C(CN1CCC(NC(=O)c2cc[nH]c(=O)c2)CC1)=N/O. The van der Waals surface area contributed by atoms with Crippen LogP contribution in [-0.4, -0.2) is 52.5 Å². The summed E-state index contributed by atoms with van der Waals surface area (Å²) >= 11 is 0. The van der Waals surface area contributed by atoms with Crippen LogP contribution in [-0.2, 0) is 0 Å². The molecule has 0 aromatic carbocycles. The van der Waals surface area contributed by atoms with E-state index in [0.717, 1.165) is 25.9 Å². The highest BCUT2D eigenvalue weighted by atomic mass is 16.4. The van der Waals surface area contributed by atoms with E-state index in [9.17, 15) is 9.59 Å². The average molecular weight is 293 g/mol. The molecule has 0 radical (unpaired) electrons. The largest absolute Gasteiger partial charge is 0.409 e. The van der Waals surface area contributed by atoms with Crippen molar-refractivity contribution in [3.05, 3.63) is 34.2 Å². The number of carbonyl (C=O) groups is 1. The van der Waals surface area contributed by atoms with Gasteiger partial charge in [0.05, 0.1) is 6.54 Å². The summed E-state index contributed by atoms with van der Waals surface area (Å²) < 4.78 is 0. The van der Waals surface area contributed by atoms with E-state index in [0.29, 0.717) is 12.1 Å². The molecule has 0 bridgehead atoms. The zero-order chi connectivity index (χ0) is 15.2. The van der Waals surface area contributed by atoms with Crippen molar-refractivity contribution in [2.45, 2.75) is 18.9 Å². The maximum absolute atomic E-state index is 12.0. The van der Waals surface area contributed by atoms with E-state index < -0.39 is 0 Å². The zero-order valence-corrected chi connectivity index (χ0v) is 11.6. The van der Waals surface area contributed by atoms with Crippen LogP contribution in [0.15, 0.2) is 28.3 Å². The monoisotopic (exact) mass is 293 g/mol. The maximum atomic E-state index is 12.0. The lowest BCUT2D eigenvalue weighted by atomic mass is 10.0. The topological polar surface area (TPSA) is 124 Å². The molecule has 2 rings (SSSR count). The smallest absolute Gasteiger partial charge is 0.251 e. The van der Waals surface area contributed by atoms with Crippen molar-refractivity contribution in [2.75, 3.05) is 19.6 Å². The van der Waals surface area contributed by atoms with Crippen LogP contribution in [0.3, 0.4) is 0 Å². The molecule has 1 saturated heterocycles. The number of aromatic amines is 1. The van der Waals surface area contributed by atoms with E-state index in [1.807, 2.05) is 0 Å². The van der Waals surface area contributed by atoms with Crippen LogP contribution < -0.4 is 16.6 Å². The number of likely N-dealkylation sites (tertiary alicyclic amines) is 1. The van der Waals surface area contributed by atoms with E-state index in [1.54, 1.807) is 6.07 Å². The average Bonchev–Trinajstić information content (AvgIpc) is 2.49. The maximum Gasteiger partial charge on any atom is 0.251 e. The third-order valence-electron chi connectivity index (χ3n) is 3.47. The van der Waals surface area contributed by atoms with E-state index in [-0.39, 0.29) is 23.3 Å². The minimum atomic E-state index is -0.295. The van der Waals surface area contributed by atoms with Crippen LogP contribution in [0.2, 0.25) is 0 Å². The van der Waals surface area contributed by atoms with Crippen molar-refractivity contribution in [1.29, 1.82) is 0 Å². The second-order valence-corrected chi connectivity index (χ2v) is 5.06. The fourth-order valence-corrected chi connectivity index (χ4v) is 2.35. The first-order valence-electron chi connectivity index (χ1n) is 6.77. The van der Waals surface area contributed by atoms with Gasteiger partial charge in [-0.2, -0.15) is 0 Å². The van der Waals surface area contributed by atoms with Gasteiger partial charge in [-0.25, -0.2) is 0 Å². The van der Waals surface area contributed by atoms with E-state index in [1.165, 1.54) is 12.3 Å². The number of hydrogen-bond donors (Lipinski definition) is 4. The summed E-state index contributed by atoms with van der Waals surface area (Å²) in [5.41, 5.74) is 5.53. The standard InChI is InChI=1S/C13H19N5O3/c14-11(17-21)8-18-5-2-10(3-6-18)16-13(20)9-1-4-15-12(19)7-9/h1,4,7,10,21H,2-3,5-6,8H2,(H2,14,17)(H,15,19)(H,16,20). The first-order valence-corrected chi connectivity index (χ1v) is 6.77. The van der Waals surface area contributed by atoms with Crippen molar-refractivity contribution in [3.8, 4) is 0 Å². The summed E-state index contributed by atoms with van der Waals surface area (Å²) in [7, 11) is 0. The number of hydrogen-bond acceptors (Lipinski definition) is 5. The van der Waals surface area contributed by atoms with Gasteiger partial charge >= 0.3 is 0 Å². The fourth-order valence-electron chi connectivity index (χ4n) is 2.35. The molecule has 0 atom stereocenters. The molecule has 1 aliphatic rings. The van der Waals surface area contributed by atoms with Crippen LogP contribution in [0, 0.1) is 0 Å². The number of amidine groups is 1. The van der Waals surface area contributed by atoms with Crippen molar-refractivity contribution in [3.63, 3.8) is 0 Å².